The van der Waals surface area contributed by atoms with Gasteiger partial charge in [0.25, 0.3) is 5.89 Å². The number of aromatic nitrogens is 1. The van der Waals surface area contributed by atoms with Gasteiger partial charge in [0.15, 0.2) is 5.76 Å². The van der Waals surface area contributed by atoms with Gasteiger partial charge in [-0.05, 0) is 49.6 Å². The number of fused-ring (bicyclic) bond motifs is 2. The SMILES string of the molecule is COc1ccc(-c2cnc(C(=O)N[C@@H]3C[C@H]4CCN(C4)C3)o2)cc1. The van der Waals surface area contributed by atoms with Crippen LogP contribution in [0.2, 0.25) is 0 Å². The molecule has 0 radical (unpaired) electrons. The number of ether oxygens (including phenoxy) is 1. The van der Waals surface area contributed by atoms with Gasteiger partial charge in [0.2, 0.25) is 0 Å². The monoisotopic (exact) mass is 327 g/mol. The summed E-state index contributed by atoms with van der Waals surface area (Å²) in [4.78, 5) is 18.9. The Balaban J connectivity index is 1.42. The lowest BCUT2D eigenvalue weighted by Crippen LogP contribution is -2.47. The van der Waals surface area contributed by atoms with Gasteiger partial charge in [0.05, 0.1) is 13.3 Å². The summed E-state index contributed by atoms with van der Waals surface area (Å²) >= 11 is 0. The Bertz CT molecular complexity index is 713. The second-order valence-corrected chi connectivity index (χ2v) is 6.58. The van der Waals surface area contributed by atoms with E-state index in [0.717, 1.165) is 30.8 Å². The van der Waals surface area contributed by atoms with Crippen molar-refractivity contribution in [3.05, 3.63) is 36.4 Å². The molecule has 1 unspecified atom stereocenters. The number of carbonyl (C=O) groups is 1. The van der Waals surface area contributed by atoms with Crippen LogP contribution in [0.1, 0.15) is 23.5 Å². The average molecular weight is 327 g/mol. The fraction of sp³-hybridized carbons (Fsp3) is 0.444. The molecule has 24 heavy (non-hydrogen) atoms. The molecule has 2 aliphatic heterocycles. The second-order valence-electron chi connectivity index (χ2n) is 6.58. The molecule has 3 heterocycles. The zero-order valence-electron chi connectivity index (χ0n) is 13.7. The smallest absolute Gasteiger partial charge is 0.307 e. The Morgan fingerprint density at radius 2 is 2.17 bits per heavy atom. The van der Waals surface area contributed by atoms with Gasteiger partial charge in [-0.3, -0.25) is 4.79 Å². The zero-order valence-corrected chi connectivity index (χ0v) is 13.7. The summed E-state index contributed by atoms with van der Waals surface area (Å²) in [6.45, 7) is 3.25. The van der Waals surface area contributed by atoms with Gasteiger partial charge in [-0.1, -0.05) is 0 Å². The summed E-state index contributed by atoms with van der Waals surface area (Å²) in [6, 6.07) is 7.66. The molecular formula is C18H21N3O3. The van der Waals surface area contributed by atoms with Gasteiger partial charge in [0, 0.05) is 24.7 Å². The van der Waals surface area contributed by atoms with Crippen molar-refractivity contribution in [1.29, 1.82) is 0 Å². The number of amides is 1. The lowest BCUT2D eigenvalue weighted by Gasteiger charge is -2.30. The normalized spacial score (nSPS) is 25.5. The van der Waals surface area contributed by atoms with Crippen LogP contribution in [0.4, 0.5) is 0 Å². The van der Waals surface area contributed by atoms with Crippen molar-refractivity contribution in [2.45, 2.75) is 18.9 Å². The minimum Gasteiger partial charge on any atom is -0.497 e. The van der Waals surface area contributed by atoms with E-state index in [2.05, 4.69) is 15.2 Å². The van der Waals surface area contributed by atoms with E-state index in [9.17, 15) is 4.79 Å². The van der Waals surface area contributed by atoms with Gasteiger partial charge in [-0.15, -0.1) is 0 Å². The van der Waals surface area contributed by atoms with E-state index in [1.165, 1.54) is 13.0 Å². The minimum absolute atomic E-state index is 0.119. The van der Waals surface area contributed by atoms with Crippen molar-refractivity contribution in [1.82, 2.24) is 15.2 Å². The summed E-state index contributed by atoms with van der Waals surface area (Å²) in [5.41, 5.74) is 0.865. The molecule has 0 saturated carbocycles. The van der Waals surface area contributed by atoms with Crippen LogP contribution in [0.3, 0.4) is 0 Å². The first kappa shape index (κ1) is 15.2. The Morgan fingerprint density at radius 3 is 2.92 bits per heavy atom. The standard InChI is InChI=1S/C18H21N3O3/c1-23-15-4-2-13(3-5-15)16-9-19-18(24-16)17(22)20-14-8-12-6-7-21(10-12)11-14/h2-5,9,12,14H,6-8,10-11H2,1H3,(H,20,22)/t12-,14-/m1/s1. The number of hydrogen-bond donors (Lipinski definition) is 1. The van der Waals surface area contributed by atoms with E-state index in [0.29, 0.717) is 11.7 Å². The molecule has 6 nitrogen and oxygen atoms in total. The molecule has 1 amide bonds. The van der Waals surface area contributed by atoms with Crippen molar-refractivity contribution in [2.24, 2.45) is 5.92 Å². The zero-order chi connectivity index (χ0) is 16.5. The van der Waals surface area contributed by atoms with E-state index in [1.54, 1.807) is 13.3 Å². The highest BCUT2D eigenvalue weighted by Crippen LogP contribution is 2.27. The van der Waals surface area contributed by atoms with E-state index in [1.807, 2.05) is 24.3 Å². The van der Waals surface area contributed by atoms with Crippen LogP contribution in [0.15, 0.2) is 34.9 Å². The summed E-state index contributed by atoms with van der Waals surface area (Å²) in [7, 11) is 1.62. The molecule has 6 heteroatoms. The Morgan fingerprint density at radius 1 is 1.33 bits per heavy atom. The Hall–Kier alpha value is -2.34. The third-order valence-corrected chi connectivity index (χ3v) is 4.88. The predicted octanol–water partition coefficient (Wildman–Crippen LogP) is 2.17. The van der Waals surface area contributed by atoms with Crippen LogP contribution in [-0.4, -0.2) is 48.6 Å². The number of carbonyl (C=O) groups excluding carboxylic acids is 1. The number of benzene rings is 1. The largest absolute Gasteiger partial charge is 0.497 e. The lowest BCUT2D eigenvalue weighted by molar-refractivity contribution is 0.0875. The topological polar surface area (TPSA) is 67.6 Å². The van der Waals surface area contributed by atoms with Gasteiger partial charge in [-0.2, -0.15) is 0 Å². The molecule has 0 spiro atoms. The van der Waals surface area contributed by atoms with Crippen molar-refractivity contribution < 1.29 is 13.9 Å². The maximum Gasteiger partial charge on any atom is 0.307 e. The Kier molecular flexibility index (Phi) is 3.98. The number of piperidine rings is 1. The molecule has 1 aromatic carbocycles. The highest BCUT2D eigenvalue weighted by Gasteiger charge is 2.33. The molecule has 2 aliphatic rings. The average Bonchev–Trinajstić information content (AvgIpc) is 3.22. The van der Waals surface area contributed by atoms with Gasteiger partial charge in [0.1, 0.15) is 5.75 Å². The fourth-order valence-corrected chi connectivity index (χ4v) is 3.68. The van der Waals surface area contributed by atoms with Crippen molar-refractivity contribution in [2.75, 3.05) is 26.7 Å². The maximum absolute atomic E-state index is 12.4. The highest BCUT2D eigenvalue weighted by molar-refractivity contribution is 5.90. The summed E-state index contributed by atoms with van der Waals surface area (Å²) in [6.07, 6.45) is 3.88. The summed E-state index contributed by atoms with van der Waals surface area (Å²) < 4.78 is 10.8. The second kappa shape index (κ2) is 6.28. The first-order chi connectivity index (χ1) is 11.7. The summed E-state index contributed by atoms with van der Waals surface area (Å²) in [5, 5.41) is 3.06. The number of nitrogens with zero attached hydrogens (tertiary/aromatic N) is 2. The molecule has 2 saturated heterocycles. The number of hydrogen-bond acceptors (Lipinski definition) is 5. The van der Waals surface area contributed by atoms with E-state index in [-0.39, 0.29) is 17.8 Å². The highest BCUT2D eigenvalue weighted by atomic mass is 16.5. The molecular weight excluding hydrogens is 306 g/mol. The maximum atomic E-state index is 12.4. The summed E-state index contributed by atoms with van der Waals surface area (Å²) in [5.74, 6) is 1.95. The van der Waals surface area contributed by atoms with Crippen LogP contribution in [-0.2, 0) is 0 Å². The minimum atomic E-state index is -0.234. The van der Waals surface area contributed by atoms with E-state index < -0.39 is 0 Å². The fourth-order valence-electron chi connectivity index (χ4n) is 3.68. The molecule has 2 bridgehead atoms. The Labute approximate surface area is 140 Å². The van der Waals surface area contributed by atoms with Crippen molar-refractivity contribution in [3.8, 4) is 17.1 Å². The molecule has 2 fully saturated rings. The quantitative estimate of drug-likeness (QED) is 0.932. The van der Waals surface area contributed by atoms with Crippen LogP contribution < -0.4 is 10.1 Å². The number of methoxy groups -OCH3 is 1. The van der Waals surface area contributed by atoms with Crippen LogP contribution >= 0.6 is 0 Å². The third kappa shape index (κ3) is 3.01. The third-order valence-electron chi connectivity index (χ3n) is 4.88. The van der Waals surface area contributed by atoms with Crippen LogP contribution in [0, 0.1) is 5.92 Å². The molecule has 2 aromatic rings. The first-order valence-corrected chi connectivity index (χ1v) is 8.35. The van der Waals surface area contributed by atoms with Crippen LogP contribution in [0.5, 0.6) is 5.75 Å². The van der Waals surface area contributed by atoms with E-state index in [4.69, 9.17) is 9.15 Å². The molecule has 126 valence electrons. The van der Waals surface area contributed by atoms with Gasteiger partial charge < -0.3 is 19.4 Å². The molecule has 1 aromatic heterocycles. The number of rotatable bonds is 4. The predicted molar refractivity (Wildman–Crippen MR) is 88.9 cm³/mol. The number of oxazole rings is 1. The van der Waals surface area contributed by atoms with Crippen molar-refractivity contribution in [3.63, 3.8) is 0 Å². The molecule has 0 aliphatic carbocycles. The van der Waals surface area contributed by atoms with Gasteiger partial charge in [-0.25, -0.2) is 4.98 Å². The molecule has 1 N–H and O–H groups in total. The molecule has 3 atom stereocenters. The molecule has 4 rings (SSSR count). The first-order valence-electron chi connectivity index (χ1n) is 8.35. The van der Waals surface area contributed by atoms with Crippen LogP contribution in [0.25, 0.3) is 11.3 Å². The van der Waals surface area contributed by atoms with E-state index >= 15 is 0 Å². The lowest BCUT2D eigenvalue weighted by atomic mass is 9.97. The van der Waals surface area contributed by atoms with Gasteiger partial charge >= 0.3 is 5.91 Å². The van der Waals surface area contributed by atoms with Crippen molar-refractivity contribution >= 4 is 5.91 Å². The number of nitrogens with one attached hydrogen (secondary N) is 1.